The van der Waals surface area contributed by atoms with E-state index in [-0.39, 0.29) is 22.2 Å². The Morgan fingerprint density at radius 3 is 1.39 bits per heavy atom. The molecule has 0 heterocycles. The zero-order chi connectivity index (χ0) is 38.5. The van der Waals surface area contributed by atoms with Crippen LogP contribution in [0, 0.1) is 19.9 Å². The Morgan fingerprint density at radius 2 is 0.930 bits per heavy atom. The molecule has 1 N–H and O–H groups in total. The van der Waals surface area contributed by atoms with Crippen LogP contribution >= 0.6 is 7.92 Å². The molecule has 0 bridgehead atoms. The van der Waals surface area contributed by atoms with Gasteiger partial charge in [0.2, 0.25) is 0 Å². The van der Waals surface area contributed by atoms with E-state index in [0.717, 1.165) is 49.5 Å². The van der Waals surface area contributed by atoms with Gasteiger partial charge in [-0.3, -0.25) is 4.99 Å². The maximum Gasteiger partial charge on any atom is 0.132 e. The first-order valence-electron chi connectivity index (χ1n) is 18.9. The summed E-state index contributed by atoms with van der Waals surface area (Å²) in [5.74, 6) is 0.249. The summed E-state index contributed by atoms with van der Waals surface area (Å²) in [5.41, 5.74) is 5.76. The number of hydrogen-bond donors (Lipinski definition) is 1. The molecule has 0 fully saturated rings. The van der Waals surface area contributed by atoms with Crippen molar-refractivity contribution in [3.63, 3.8) is 0 Å². The Kier molecular flexibility index (Phi) is 14.4. The van der Waals surface area contributed by atoms with Crippen LogP contribution in [-0.2, 0) is 16.5 Å². The predicted octanol–water partition coefficient (Wildman–Crippen LogP) is 12.4. The molecule has 0 aliphatic heterocycles. The van der Waals surface area contributed by atoms with Crippen molar-refractivity contribution in [3.8, 4) is 16.9 Å². The third-order valence-corrected chi connectivity index (χ3v) is 12.4. The number of aliphatic imine (C=N–C) groups is 1. The van der Waals surface area contributed by atoms with Crippen LogP contribution in [0.3, 0.4) is 0 Å². The fourth-order valence-corrected chi connectivity index (χ4v) is 9.55. The van der Waals surface area contributed by atoms with Crippen LogP contribution in [0.5, 0.6) is 5.75 Å². The predicted molar refractivity (Wildman–Crippen MR) is 244 cm³/mol. The smallest absolute Gasteiger partial charge is 0.132 e. The molecular weight excluding hydrogens is 756 g/mol. The Balaban J connectivity index is 0.000000179. The van der Waals surface area contributed by atoms with E-state index in [9.17, 15) is 5.11 Å². The van der Waals surface area contributed by atoms with Gasteiger partial charge in [0.1, 0.15) is 21.7 Å². The van der Waals surface area contributed by atoms with Gasteiger partial charge in [-0.1, -0.05) is 133 Å². The molecule has 57 heavy (non-hydrogen) atoms. The Bertz CT molecular complexity index is 2470. The molecule has 0 aromatic heterocycles. The zero-order valence-corrected chi connectivity index (χ0v) is 34.0. The van der Waals surface area contributed by atoms with Gasteiger partial charge in [-0.2, -0.15) is 36.4 Å². The van der Waals surface area contributed by atoms with Crippen LogP contribution in [0.1, 0.15) is 16.7 Å². The van der Waals surface area contributed by atoms with E-state index in [0.29, 0.717) is 5.56 Å². The molecule has 2 nitrogen and oxygen atoms in total. The molecule has 0 unspecified atom stereocenters. The number of nitrogens with zero attached hydrogens (tertiary/aromatic N) is 1. The van der Waals surface area contributed by atoms with Gasteiger partial charge in [-0.15, -0.1) is 0 Å². The second-order valence-corrected chi connectivity index (χ2v) is 16.0. The second kappa shape index (κ2) is 20.2. The van der Waals surface area contributed by atoms with Crippen molar-refractivity contribution in [3.05, 3.63) is 235 Å². The molecule has 0 saturated heterocycles. The summed E-state index contributed by atoms with van der Waals surface area (Å²) in [5, 5.41) is 20.2. The number of phenols is 1. The summed E-state index contributed by atoms with van der Waals surface area (Å²) in [7, 11) is -0.877. The molecule has 0 spiro atoms. The maximum atomic E-state index is 11.3. The second-order valence-electron chi connectivity index (χ2n) is 13.5. The summed E-state index contributed by atoms with van der Waals surface area (Å²) in [6.45, 7) is 4.11. The van der Waals surface area contributed by atoms with Crippen LogP contribution in [0.25, 0.3) is 32.7 Å². The van der Waals surface area contributed by atoms with Gasteiger partial charge in [0.15, 0.2) is 0 Å². The summed E-state index contributed by atoms with van der Waals surface area (Å²) in [4.78, 5) is 4.71. The molecule has 0 atom stereocenters. The minimum atomic E-state index is -0.877. The van der Waals surface area contributed by atoms with E-state index in [4.69, 9.17) is 4.99 Å². The van der Waals surface area contributed by atoms with Crippen LogP contribution in [0.4, 0.5) is 5.69 Å². The average molecular weight is 801 g/mol. The van der Waals surface area contributed by atoms with E-state index in [2.05, 4.69) is 153 Å². The van der Waals surface area contributed by atoms with Crippen molar-refractivity contribution < 1.29 is 21.6 Å². The number of phenolic OH excluding ortho intramolecular Hbond substituents is 1. The third kappa shape index (κ3) is 10.0. The SMILES string of the molecule is Cc1cccc(C)c1N=Cc1cccc(-c2c3ccccc3cc3ccccc23)c1O.[Ni].[c-]1ccccc1.c1ccc([PH+](c2ccccc2)c2ccccc2)cc1. The van der Waals surface area contributed by atoms with Gasteiger partial charge in [-0.05, 0) is 95.1 Å². The topological polar surface area (TPSA) is 32.6 Å². The first-order chi connectivity index (χ1) is 27.6. The Morgan fingerprint density at radius 1 is 0.491 bits per heavy atom. The van der Waals surface area contributed by atoms with Crippen LogP contribution < -0.4 is 15.9 Å². The van der Waals surface area contributed by atoms with Crippen LogP contribution in [-0.4, -0.2) is 11.3 Å². The normalized spacial score (nSPS) is 10.6. The Labute approximate surface area is 347 Å². The molecule has 4 heteroatoms. The number of para-hydroxylation sites is 2. The molecule has 0 saturated carbocycles. The number of fused-ring (bicyclic) bond motifs is 2. The molecule has 0 radical (unpaired) electrons. The standard InChI is InChI=1S/C29H23NO.C18H15P.C6H5.Ni/c1-19-9-7-10-20(2)28(19)30-18-23-13-8-16-26(29(23)31)27-24-14-5-3-11-21(24)17-22-12-4-6-15-25(22)27;1-4-10-16(11-5-1)19(17-12-6-2-7-13-17)18-14-8-3-9-15-18;1-2-4-6-5-3-1;/h3-18,31H,1-2H3;1-15H;1-5H;/q;;-1;/p+1. The fourth-order valence-electron chi connectivity index (χ4n) is 6.97. The number of rotatable bonds is 6. The first-order valence-corrected chi connectivity index (χ1v) is 20.4. The maximum absolute atomic E-state index is 11.3. The molecule has 282 valence electrons. The average Bonchev–Trinajstić information content (AvgIpc) is 3.26. The Hall–Kier alpha value is -6.11. The van der Waals surface area contributed by atoms with Crippen molar-refractivity contribution >= 4 is 57.3 Å². The molecular formula is C53H44NNiOP. The van der Waals surface area contributed by atoms with E-state index >= 15 is 0 Å². The summed E-state index contributed by atoms with van der Waals surface area (Å²) < 4.78 is 0. The third-order valence-electron chi connectivity index (χ3n) is 9.67. The minimum absolute atomic E-state index is 0. The monoisotopic (exact) mass is 799 g/mol. The fraction of sp³-hybridized carbons (Fsp3) is 0.0377. The number of hydrogen-bond acceptors (Lipinski definition) is 2. The summed E-state index contributed by atoms with van der Waals surface area (Å²) in [6.07, 6.45) is 1.77. The van der Waals surface area contributed by atoms with Gasteiger partial charge < -0.3 is 5.11 Å². The largest absolute Gasteiger partial charge is 0.507 e. The van der Waals surface area contributed by atoms with E-state index < -0.39 is 7.92 Å². The van der Waals surface area contributed by atoms with Gasteiger partial charge >= 0.3 is 0 Å². The number of aryl methyl sites for hydroxylation is 2. The van der Waals surface area contributed by atoms with Gasteiger partial charge in [0, 0.05) is 39.4 Å². The van der Waals surface area contributed by atoms with Crippen molar-refractivity contribution in [2.75, 3.05) is 0 Å². The minimum Gasteiger partial charge on any atom is -0.507 e. The van der Waals surface area contributed by atoms with Crippen molar-refractivity contribution in [1.82, 2.24) is 0 Å². The van der Waals surface area contributed by atoms with E-state index in [1.165, 1.54) is 15.9 Å². The molecule has 0 aliphatic carbocycles. The summed E-state index contributed by atoms with van der Waals surface area (Å²) >= 11 is 0. The van der Waals surface area contributed by atoms with Gasteiger partial charge in [-0.25, -0.2) is 0 Å². The van der Waals surface area contributed by atoms with Gasteiger partial charge in [0.25, 0.3) is 0 Å². The number of benzene rings is 9. The van der Waals surface area contributed by atoms with Gasteiger partial charge in [0.05, 0.1) is 13.6 Å². The quantitative estimate of drug-likeness (QED) is 0.0587. The van der Waals surface area contributed by atoms with E-state index in [1.807, 2.05) is 78.9 Å². The van der Waals surface area contributed by atoms with Crippen molar-refractivity contribution in [2.24, 2.45) is 4.99 Å². The number of aromatic hydroxyl groups is 1. The molecule has 9 aromatic carbocycles. The molecule has 0 aliphatic rings. The van der Waals surface area contributed by atoms with Crippen molar-refractivity contribution in [2.45, 2.75) is 13.8 Å². The van der Waals surface area contributed by atoms with Crippen molar-refractivity contribution in [1.29, 1.82) is 0 Å². The molecule has 9 aromatic rings. The first kappa shape index (κ1) is 40.6. The zero-order valence-electron chi connectivity index (χ0n) is 32.0. The van der Waals surface area contributed by atoms with Crippen LogP contribution in [0.15, 0.2) is 217 Å². The van der Waals surface area contributed by atoms with E-state index in [1.54, 1.807) is 6.21 Å². The molecule has 9 rings (SSSR count). The molecule has 0 amide bonds. The van der Waals surface area contributed by atoms with Crippen LogP contribution in [0.2, 0.25) is 0 Å². The summed E-state index contributed by atoms with van der Waals surface area (Å²) in [6, 6.07) is 75.9.